The van der Waals surface area contributed by atoms with Gasteiger partial charge >= 0.3 is 12.1 Å². The molecule has 2 aromatic carbocycles. The highest BCUT2D eigenvalue weighted by Crippen LogP contribution is 2.44. The standard InChI is InChI=1S/C25H24N4O5/c1-28-22(19(13-26-28)23(30)29-12-6-11-21(29)24(31)32)27-25(33)34-14-20-17-9-4-2-7-15(17)16-8-3-5-10-18(16)20/h2-5,7-10,13,20-21H,6,11-12,14H2,1H3,(H,27,33)(H,31,32). The molecule has 2 heterocycles. The lowest BCUT2D eigenvalue weighted by Gasteiger charge is -2.21. The van der Waals surface area contributed by atoms with Crippen molar-refractivity contribution in [1.82, 2.24) is 14.7 Å². The van der Waals surface area contributed by atoms with Crippen molar-refractivity contribution in [2.45, 2.75) is 24.8 Å². The summed E-state index contributed by atoms with van der Waals surface area (Å²) in [6.07, 6.45) is 1.63. The van der Waals surface area contributed by atoms with E-state index >= 15 is 0 Å². The largest absolute Gasteiger partial charge is 0.480 e. The Kier molecular flexibility index (Phi) is 5.53. The molecule has 0 spiro atoms. The van der Waals surface area contributed by atoms with Crippen LogP contribution in [0.5, 0.6) is 0 Å². The quantitative estimate of drug-likeness (QED) is 0.603. The van der Waals surface area contributed by atoms with Crippen molar-refractivity contribution >= 4 is 23.8 Å². The molecule has 9 heteroatoms. The minimum atomic E-state index is -1.04. The molecule has 1 aliphatic heterocycles. The molecule has 0 radical (unpaired) electrons. The number of aromatic nitrogens is 2. The summed E-state index contributed by atoms with van der Waals surface area (Å²) in [5.41, 5.74) is 4.59. The van der Waals surface area contributed by atoms with Crippen LogP contribution < -0.4 is 5.32 Å². The Labute approximate surface area is 195 Å². The van der Waals surface area contributed by atoms with E-state index in [0.717, 1.165) is 22.3 Å². The second kappa shape index (κ2) is 8.66. The molecule has 3 aromatic rings. The maximum absolute atomic E-state index is 13.0. The Morgan fingerprint density at radius 3 is 2.38 bits per heavy atom. The van der Waals surface area contributed by atoms with Gasteiger partial charge in [0.1, 0.15) is 24.0 Å². The lowest BCUT2D eigenvalue weighted by atomic mass is 9.98. The number of carboxylic acid groups (broad SMARTS) is 1. The summed E-state index contributed by atoms with van der Waals surface area (Å²) in [7, 11) is 1.59. The van der Waals surface area contributed by atoms with Crippen molar-refractivity contribution in [3.05, 3.63) is 71.4 Å². The van der Waals surface area contributed by atoms with Crippen LogP contribution in [0.3, 0.4) is 0 Å². The van der Waals surface area contributed by atoms with Crippen molar-refractivity contribution < 1.29 is 24.2 Å². The SMILES string of the molecule is Cn1ncc(C(=O)N2CCCC2C(=O)O)c1NC(=O)OCC1c2ccccc2-c2ccccc21. The average Bonchev–Trinajstić information content (AvgIpc) is 3.54. The zero-order valence-corrected chi connectivity index (χ0v) is 18.6. The first-order valence-corrected chi connectivity index (χ1v) is 11.1. The van der Waals surface area contributed by atoms with Gasteiger partial charge in [-0.2, -0.15) is 5.10 Å². The van der Waals surface area contributed by atoms with E-state index in [-0.39, 0.29) is 23.9 Å². The normalized spacial score (nSPS) is 16.7. The third kappa shape index (κ3) is 3.68. The maximum atomic E-state index is 13.0. The molecule has 1 unspecified atom stereocenters. The van der Waals surface area contributed by atoms with Gasteiger partial charge in [0.25, 0.3) is 5.91 Å². The van der Waals surface area contributed by atoms with Crippen LogP contribution >= 0.6 is 0 Å². The summed E-state index contributed by atoms with van der Waals surface area (Å²) in [4.78, 5) is 38.6. The maximum Gasteiger partial charge on any atom is 0.412 e. The Morgan fingerprint density at radius 2 is 1.74 bits per heavy atom. The third-order valence-electron chi connectivity index (χ3n) is 6.53. The van der Waals surface area contributed by atoms with Crippen LogP contribution in [0, 0.1) is 0 Å². The third-order valence-corrected chi connectivity index (χ3v) is 6.53. The van der Waals surface area contributed by atoms with Gasteiger partial charge in [-0.05, 0) is 35.1 Å². The molecule has 9 nitrogen and oxygen atoms in total. The van der Waals surface area contributed by atoms with Gasteiger partial charge in [-0.15, -0.1) is 0 Å². The smallest absolute Gasteiger partial charge is 0.412 e. The molecular weight excluding hydrogens is 436 g/mol. The number of likely N-dealkylation sites (tertiary alicyclic amines) is 1. The van der Waals surface area contributed by atoms with Gasteiger partial charge in [0, 0.05) is 19.5 Å². The fraction of sp³-hybridized carbons (Fsp3) is 0.280. The first-order valence-electron chi connectivity index (χ1n) is 11.1. The number of aryl methyl sites for hydroxylation is 1. The highest BCUT2D eigenvalue weighted by atomic mass is 16.5. The van der Waals surface area contributed by atoms with Gasteiger partial charge in [0.05, 0.1) is 6.20 Å². The Hall–Kier alpha value is -4.14. The first-order chi connectivity index (χ1) is 16.5. The second-order valence-corrected chi connectivity index (χ2v) is 8.48. The Bertz CT molecular complexity index is 1240. The lowest BCUT2D eigenvalue weighted by molar-refractivity contribution is -0.141. The topological polar surface area (TPSA) is 114 Å². The molecule has 1 aromatic heterocycles. The second-order valence-electron chi connectivity index (χ2n) is 8.48. The van der Waals surface area contributed by atoms with Crippen molar-refractivity contribution in [2.24, 2.45) is 7.05 Å². The summed E-state index contributed by atoms with van der Waals surface area (Å²) in [5.74, 6) is -1.45. The predicted molar refractivity (Wildman–Crippen MR) is 124 cm³/mol. The number of nitrogens with one attached hydrogen (secondary N) is 1. The van der Waals surface area contributed by atoms with E-state index in [1.54, 1.807) is 7.05 Å². The van der Waals surface area contributed by atoms with E-state index in [1.165, 1.54) is 15.8 Å². The van der Waals surface area contributed by atoms with E-state index in [4.69, 9.17) is 4.74 Å². The van der Waals surface area contributed by atoms with Gasteiger partial charge in [0.15, 0.2) is 0 Å². The van der Waals surface area contributed by atoms with E-state index in [0.29, 0.717) is 19.4 Å². The number of benzene rings is 2. The summed E-state index contributed by atoms with van der Waals surface area (Å²) >= 11 is 0. The minimum Gasteiger partial charge on any atom is -0.480 e. The number of carboxylic acids is 1. The summed E-state index contributed by atoms with van der Waals surface area (Å²) < 4.78 is 6.94. The van der Waals surface area contributed by atoms with Crippen molar-refractivity contribution in [2.75, 3.05) is 18.5 Å². The Morgan fingerprint density at radius 1 is 1.09 bits per heavy atom. The highest BCUT2D eigenvalue weighted by Gasteiger charge is 2.36. The number of hydrogen-bond acceptors (Lipinski definition) is 5. The predicted octanol–water partition coefficient (Wildman–Crippen LogP) is 3.47. The zero-order valence-electron chi connectivity index (χ0n) is 18.6. The molecule has 1 atom stereocenters. The molecule has 1 aliphatic carbocycles. The summed E-state index contributed by atoms with van der Waals surface area (Å²) in [6, 6.07) is 15.2. The van der Waals surface area contributed by atoms with Gasteiger partial charge in [-0.3, -0.25) is 14.8 Å². The molecule has 34 heavy (non-hydrogen) atoms. The van der Waals surface area contributed by atoms with E-state index < -0.39 is 24.0 Å². The van der Waals surface area contributed by atoms with Gasteiger partial charge in [-0.25, -0.2) is 9.59 Å². The number of anilines is 1. The van der Waals surface area contributed by atoms with E-state index in [1.807, 2.05) is 36.4 Å². The average molecular weight is 460 g/mol. The molecule has 2 amide bonds. The van der Waals surface area contributed by atoms with Crippen LogP contribution in [0.25, 0.3) is 11.1 Å². The zero-order chi connectivity index (χ0) is 23.8. The molecule has 2 N–H and O–H groups in total. The number of ether oxygens (including phenoxy) is 1. The van der Waals surface area contributed by atoms with E-state index in [2.05, 4.69) is 22.5 Å². The van der Waals surface area contributed by atoms with Crippen molar-refractivity contribution in [3.8, 4) is 11.1 Å². The molecule has 174 valence electrons. The molecule has 1 saturated heterocycles. The van der Waals surface area contributed by atoms with E-state index in [9.17, 15) is 19.5 Å². The van der Waals surface area contributed by atoms with Crippen LogP contribution in [-0.4, -0.2) is 57.0 Å². The monoisotopic (exact) mass is 460 g/mol. The minimum absolute atomic E-state index is 0.0910. The molecule has 0 bridgehead atoms. The fourth-order valence-electron chi connectivity index (χ4n) is 4.89. The lowest BCUT2D eigenvalue weighted by Crippen LogP contribution is -2.40. The molecular formula is C25H24N4O5. The van der Waals surface area contributed by atoms with Gasteiger partial charge in [0.2, 0.25) is 0 Å². The number of carbonyl (C=O) groups is 3. The molecule has 1 fully saturated rings. The van der Waals surface area contributed by atoms with Crippen LogP contribution in [0.4, 0.5) is 10.6 Å². The van der Waals surface area contributed by atoms with Crippen LogP contribution in [0.2, 0.25) is 0 Å². The number of hydrogen-bond donors (Lipinski definition) is 2. The molecule has 5 rings (SSSR count). The van der Waals surface area contributed by atoms with Crippen molar-refractivity contribution in [3.63, 3.8) is 0 Å². The fourth-order valence-corrected chi connectivity index (χ4v) is 4.89. The number of nitrogens with zero attached hydrogens (tertiary/aromatic N) is 3. The number of aliphatic carboxylic acids is 1. The van der Waals surface area contributed by atoms with Gasteiger partial charge in [-0.1, -0.05) is 48.5 Å². The first kappa shape index (κ1) is 21.7. The molecule has 0 saturated carbocycles. The number of carbonyl (C=O) groups excluding carboxylic acids is 2. The van der Waals surface area contributed by atoms with Crippen molar-refractivity contribution in [1.29, 1.82) is 0 Å². The van der Waals surface area contributed by atoms with Gasteiger partial charge < -0.3 is 14.7 Å². The number of rotatable bonds is 5. The van der Waals surface area contributed by atoms with Crippen LogP contribution in [0.1, 0.15) is 40.2 Å². The molecule has 2 aliphatic rings. The summed E-state index contributed by atoms with van der Waals surface area (Å²) in [5, 5.41) is 16.1. The van der Waals surface area contributed by atoms with Crippen LogP contribution in [-0.2, 0) is 16.6 Å². The number of fused-ring (bicyclic) bond motifs is 3. The number of amides is 2. The Balaban J connectivity index is 1.31. The van der Waals surface area contributed by atoms with Crippen LogP contribution in [0.15, 0.2) is 54.7 Å². The summed E-state index contributed by atoms with van der Waals surface area (Å²) in [6.45, 7) is 0.475. The highest BCUT2D eigenvalue weighted by molar-refractivity contribution is 6.03.